The predicted molar refractivity (Wildman–Crippen MR) is 89.7 cm³/mol. The van der Waals surface area contributed by atoms with Crippen LogP contribution in [0.15, 0.2) is 47.1 Å². The van der Waals surface area contributed by atoms with Gasteiger partial charge in [0.05, 0.1) is 17.8 Å². The Hall–Kier alpha value is -1.39. The van der Waals surface area contributed by atoms with Crippen LogP contribution in [0, 0.1) is 0 Å². The first kappa shape index (κ1) is 16.0. The van der Waals surface area contributed by atoms with Gasteiger partial charge < -0.3 is 10.1 Å². The summed E-state index contributed by atoms with van der Waals surface area (Å²) in [4.78, 5) is 4.50. The zero-order valence-electron chi connectivity index (χ0n) is 12.6. The fourth-order valence-electron chi connectivity index (χ4n) is 2.20. The van der Waals surface area contributed by atoms with E-state index in [4.69, 9.17) is 4.74 Å². The zero-order valence-corrected chi connectivity index (χ0v) is 14.2. The van der Waals surface area contributed by atoms with Gasteiger partial charge in [-0.1, -0.05) is 19.1 Å². The van der Waals surface area contributed by atoms with Gasteiger partial charge in [0.25, 0.3) is 0 Å². The number of halogens is 1. The molecule has 2 rings (SSSR count). The molecule has 0 saturated carbocycles. The van der Waals surface area contributed by atoms with Gasteiger partial charge in [0.15, 0.2) is 0 Å². The molecule has 0 aliphatic rings. The maximum Gasteiger partial charge on any atom is 0.119 e. The van der Waals surface area contributed by atoms with Crippen molar-refractivity contribution in [3.63, 3.8) is 0 Å². The number of rotatable bonds is 6. The van der Waals surface area contributed by atoms with E-state index in [1.807, 2.05) is 44.3 Å². The van der Waals surface area contributed by atoms with Crippen molar-refractivity contribution >= 4 is 15.9 Å². The van der Waals surface area contributed by atoms with E-state index in [1.165, 1.54) is 5.56 Å². The third kappa shape index (κ3) is 4.29. The van der Waals surface area contributed by atoms with Gasteiger partial charge >= 0.3 is 0 Å². The smallest absolute Gasteiger partial charge is 0.119 e. The Morgan fingerprint density at radius 2 is 1.90 bits per heavy atom. The van der Waals surface area contributed by atoms with Crippen molar-refractivity contribution in [1.82, 2.24) is 10.3 Å². The SMILES string of the molecule is CCNC(c1ccc(OC(C)C)cc1)c1ncccc1Br. The molecule has 0 radical (unpaired) electrons. The van der Waals surface area contributed by atoms with Crippen molar-refractivity contribution < 1.29 is 4.74 Å². The number of nitrogens with zero attached hydrogens (tertiary/aromatic N) is 1. The fourth-order valence-corrected chi connectivity index (χ4v) is 2.68. The third-order valence-corrected chi connectivity index (χ3v) is 3.72. The minimum absolute atomic E-state index is 0.0682. The molecular weight excluding hydrogens is 328 g/mol. The van der Waals surface area contributed by atoms with Crippen LogP contribution in [-0.2, 0) is 0 Å². The summed E-state index contributed by atoms with van der Waals surface area (Å²) in [7, 11) is 0. The maximum absolute atomic E-state index is 5.69. The lowest BCUT2D eigenvalue weighted by Gasteiger charge is -2.19. The van der Waals surface area contributed by atoms with Gasteiger partial charge in [0.1, 0.15) is 5.75 Å². The van der Waals surface area contributed by atoms with Crippen molar-refractivity contribution in [2.75, 3.05) is 6.54 Å². The quantitative estimate of drug-likeness (QED) is 0.843. The fraction of sp³-hybridized carbons (Fsp3) is 0.353. The van der Waals surface area contributed by atoms with E-state index in [9.17, 15) is 0 Å². The van der Waals surface area contributed by atoms with Gasteiger partial charge in [-0.2, -0.15) is 0 Å². The van der Waals surface area contributed by atoms with E-state index < -0.39 is 0 Å². The average Bonchev–Trinajstić information content (AvgIpc) is 2.46. The molecule has 1 atom stereocenters. The van der Waals surface area contributed by atoms with E-state index in [0.29, 0.717) is 0 Å². The summed E-state index contributed by atoms with van der Waals surface area (Å²) < 4.78 is 6.71. The van der Waals surface area contributed by atoms with Crippen molar-refractivity contribution in [2.24, 2.45) is 0 Å². The summed E-state index contributed by atoms with van der Waals surface area (Å²) in [6.45, 7) is 7.03. The molecular formula is C17H21BrN2O. The highest BCUT2D eigenvalue weighted by Crippen LogP contribution is 2.28. The van der Waals surface area contributed by atoms with E-state index in [2.05, 4.69) is 45.3 Å². The van der Waals surface area contributed by atoms with Crippen molar-refractivity contribution in [3.05, 3.63) is 58.3 Å². The molecule has 2 aromatic rings. The summed E-state index contributed by atoms with van der Waals surface area (Å²) in [5.41, 5.74) is 2.17. The Morgan fingerprint density at radius 3 is 2.48 bits per heavy atom. The predicted octanol–water partition coefficient (Wildman–Crippen LogP) is 4.33. The lowest BCUT2D eigenvalue weighted by molar-refractivity contribution is 0.242. The Balaban J connectivity index is 2.28. The van der Waals surface area contributed by atoms with Crippen LogP contribution in [0.3, 0.4) is 0 Å². The van der Waals surface area contributed by atoms with Gasteiger partial charge in [0, 0.05) is 10.7 Å². The lowest BCUT2D eigenvalue weighted by atomic mass is 10.0. The Labute approximate surface area is 134 Å². The van der Waals surface area contributed by atoms with Crippen LogP contribution in [0.2, 0.25) is 0 Å². The molecule has 4 heteroatoms. The largest absolute Gasteiger partial charge is 0.491 e. The Kier molecular flexibility index (Phi) is 5.76. The van der Waals surface area contributed by atoms with Crippen molar-refractivity contribution in [3.8, 4) is 5.75 Å². The highest BCUT2D eigenvalue weighted by atomic mass is 79.9. The van der Waals surface area contributed by atoms with Crippen LogP contribution in [0.4, 0.5) is 0 Å². The maximum atomic E-state index is 5.69. The zero-order chi connectivity index (χ0) is 15.2. The monoisotopic (exact) mass is 348 g/mol. The number of aromatic nitrogens is 1. The lowest BCUT2D eigenvalue weighted by Crippen LogP contribution is -2.23. The first-order valence-electron chi connectivity index (χ1n) is 7.22. The molecule has 0 aliphatic carbocycles. The summed E-state index contributed by atoms with van der Waals surface area (Å²) in [5, 5.41) is 3.48. The standard InChI is InChI=1S/C17H21BrN2O/c1-4-19-16(17-15(18)6-5-11-20-17)13-7-9-14(10-8-13)21-12(2)3/h5-12,16,19H,4H2,1-3H3. The van der Waals surface area contributed by atoms with Gasteiger partial charge in [-0.15, -0.1) is 0 Å². The molecule has 1 unspecified atom stereocenters. The number of pyridine rings is 1. The molecule has 112 valence electrons. The second-order valence-corrected chi connectivity index (χ2v) is 5.95. The summed E-state index contributed by atoms with van der Waals surface area (Å²) in [6.07, 6.45) is 2.01. The normalized spacial score (nSPS) is 12.4. The molecule has 21 heavy (non-hydrogen) atoms. The average molecular weight is 349 g/mol. The molecule has 1 aromatic carbocycles. The number of ether oxygens (including phenoxy) is 1. The number of hydrogen-bond acceptors (Lipinski definition) is 3. The minimum atomic E-state index is 0.0682. The van der Waals surface area contributed by atoms with E-state index in [1.54, 1.807) is 0 Å². The van der Waals surface area contributed by atoms with Crippen LogP contribution >= 0.6 is 15.9 Å². The molecule has 0 bridgehead atoms. The van der Waals surface area contributed by atoms with Crippen LogP contribution in [-0.4, -0.2) is 17.6 Å². The van der Waals surface area contributed by atoms with Gasteiger partial charge in [-0.05, 0) is 66.2 Å². The van der Waals surface area contributed by atoms with Crippen molar-refractivity contribution in [2.45, 2.75) is 32.9 Å². The molecule has 0 spiro atoms. The van der Waals surface area contributed by atoms with E-state index in [-0.39, 0.29) is 12.1 Å². The highest BCUT2D eigenvalue weighted by Gasteiger charge is 2.17. The molecule has 0 saturated heterocycles. The van der Waals surface area contributed by atoms with E-state index >= 15 is 0 Å². The van der Waals surface area contributed by atoms with Crippen LogP contribution in [0.5, 0.6) is 5.75 Å². The molecule has 3 nitrogen and oxygen atoms in total. The number of benzene rings is 1. The van der Waals surface area contributed by atoms with Gasteiger partial charge in [-0.3, -0.25) is 4.98 Å². The molecule has 1 N–H and O–H groups in total. The summed E-state index contributed by atoms with van der Waals surface area (Å²) in [5.74, 6) is 0.893. The first-order valence-corrected chi connectivity index (χ1v) is 8.01. The van der Waals surface area contributed by atoms with E-state index in [0.717, 1.165) is 22.5 Å². The number of nitrogens with one attached hydrogen (secondary N) is 1. The molecule has 0 amide bonds. The molecule has 0 fully saturated rings. The summed E-state index contributed by atoms with van der Waals surface area (Å²) in [6, 6.07) is 12.2. The third-order valence-electron chi connectivity index (χ3n) is 3.05. The Bertz CT molecular complexity index is 569. The topological polar surface area (TPSA) is 34.1 Å². The van der Waals surface area contributed by atoms with Crippen LogP contribution in [0.1, 0.15) is 38.1 Å². The van der Waals surface area contributed by atoms with Gasteiger partial charge in [-0.25, -0.2) is 0 Å². The Morgan fingerprint density at radius 1 is 1.19 bits per heavy atom. The minimum Gasteiger partial charge on any atom is -0.491 e. The summed E-state index contributed by atoms with van der Waals surface area (Å²) >= 11 is 3.58. The van der Waals surface area contributed by atoms with Crippen LogP contribution in [0.25, 0.3) is 0 Å². The molecule has 1 aromatic heterocycles. The second kappa shape index (κ2) is 7.57. The number of hydrogen-bond donors (Lipinski definition) is 1. The highest BCUT2D eigenvalue weighted by molar-refractivity contribution is 9.10. The molecule has 0 aliphatic heterocycles. The second-order valence-electron chi connectivity index (χ2n) is 5.10. The van der Waals surface area contributed by atoms with Crippen LogP contribution < -0.4 is 10.1 Å². The first-order chi connectivity index (χ1) is 10.1. The molecule has 1 heterocycles. The van der Waals surface area contributed by atoms with Gasteiger partial charge in [0.2, 0.25) is 0 Å². The van der Waals surface area contributed by atoms with Crippen molar-refractivity contribution in [1.29, 1.82) is 0 Å².